The number of aliphatic imine (C=N–C) groups is 1. The minimum atomic E-state index is -0.120. The number of halogens is 1. The second-order valence-electron chi connectivity index (χ2n) is 7.39. The number of nitrogens with one attached hydrogen (secondary N) is 2. The number of nitrogens with zero attached hydrogens (tertiary/aromatic N) is 2. The Bertz CT molecular complexity index is 633. The minimum absolute atomic E-state index is 0. The van der Waals surface area contributed by atoms with Crippen LogP contribution in [-0.2, 0) is 9.53 Å². The largest absolute Gasteiger partial charge is 0.469 e. The maximum Gasteiger partial charge on any atom is 0.305 e. The first kappa shape index (κ1) is 25.5. The van der Waals surface area contributed by atoms with E-state index in [1.807, 2.05) is 0 Å². The van der Waals surface area contributed by atoms with Crippen molar-refractivity contribution in [1.29, 1.82) is 0 Å². The fourth-order valence-electron chi connectivity index (χ4n) is 3.51. The predicted molar refractivity (Wildman–Crippen MR) is 131 cm³/mol. The van der Waals surface area contributed by atoms with Crippen molar-refractivity contribution in [3.05, 3.63) is 29.8 Å². The van der Waals surface area contributed by atoms with E-state index in [1.165, 1.54) is 31.2 Å². The molecular formula is C22H37IN4O2. The quantitative estimate of drug-likeness (QED) is 0.160. The summed E-state index contributed by atoms with van der Waals surface area (Å²) >= 11 is 0. The third kappa shape index (κ3) is 9.23. The van der Waals surface area contributed by atoms with Gasteiger partial charge < -0.3 is 20.3 Å². The molecule has 2 N–H and O–H groups in total. The monoisotopic (exact) mass is 516 g/mol. The fraction of sp³-hybridized carbons (Fsp3) is 0.636. The van der Waals surface area contributed by atoms with E-state index < -0.39 is 0 Å². The standard InChI is InChI=1S/C22H36N4O2.HI/c1-18(19-11-10-12-20(17-19)26-15-8-9-16-26)25-22(23-2)24-14-7-5-4-6-13-21(27)28-3;/h10-12,17-18H,4-9,13-16H2,1-3H3,(H2,23,24,25);1H. The number of ether oxygens (including phenoxy) is 1. The van der Waals surface area contributed by atoms with Crippen LogP contribution in [0, 0.1) is 0 Å². The van der Waals surface area contributed by atoms with Crippen LogP contribution < -0.4 is 15.5 Å². The molecule has 29 heavy (non-hydrogen) atoms. The van der Waals surface area contributed by atoms with E-state index in [1.54, 1.807) is 7.05 Å². The van der Waals surface area contributed by atoms with E-state index in [2.05, 4.69) is 56.5 Å². The number of unbranched alkanes of at least 4 members (excludes halogenated alkanes) is 3. The zero-order valence-corrected chi connectivity index (χ0v) is 20.4. The first-order valence-electron chi connectivity index (χ1n) is 10.5. The molecular weight excluding hydrogens is 479 g/mol. The second kappa shape index (κ2) is 14.5. The van der Waals surface area contributed by atoms with E-state index in [0.717, 1.165) is 51.3 Å². The van der Waals surface area contributed by atoms with Gasteiger partial charge in [-0.15, -0.1) is 24.0 Å². The summed E-state index contributed by atoms with van der Waals surface area (Å²) in [6.45, 7) is 5.36. The maximum atomic E-state index is 11.1. The second-order valence-corrected chi connectivity index (χ2v) is 7.39. The van der Waals surface area contributed by atoms with E-state index in [9.17, 15) is 4.79 Å². The van der Waals surface area contributed by atoms with Gasteiger partial charge in [-0.05, 0) is 50.3 Å². The summed E-state index contributed by atoms with van der Waals surface area (Å²) in [5, 5.41) is 6.87. The Hall–Kier alpha value is -1.51. The van der Waals surface area contributed by atoms with Crippen molar-refractivity contribution in [2.45, 2.75) is 57.9 Å². The highest BCUT2D eigenvalue weighted by atomic mass is 127. The minimum Gasteiger partial charge on any atom is -0.469 e. The molecule has 1 fully saturated rings. The van der Waals surface area contributed by atoms with Crippen LogP contribution in [0.25, 0.3) is 0 Å². The van der Waals surface area contributed by atoms with Gasteiger partial charge >= 0.3 is 5.97 Å². The van der Waals surface area contributed by atoms with Crippen molar-refractivity contribution in [3.8, 4) is 0 Å². The van der Waals surface area contributed by atoms with Crippen LogP contribution in [0.5, 0.6) is 0 Å². The molecule has 1 heterocycles. The molecule has 2 rings (SSSR count). The molecule has 1 saturated heterocycles. The average Bonchev–Trinajstić information content (AvgIpc) is 3.26. The lowest BCUT2D eigenvalue weighted by molar-refractivity contribution is -0.140. The van der Waals surface area contributed by atoms with Gasteiger partial charge in [0, 0.05) is 38.8 Å². The summed E-state index contributed by atoms with van der Waals surface area (Å²) in [5.74, 6) is 0.708. The van der Waals surface area contributed by atoms with Crippen molar-refractivity contribution in [3.63, 3.8) is 0 Å². The Morgan fingerprint density at radius 1 is 1.21 bits per heavy atom. The molecule has 0 radical (unpaired) electrons. The fourth-order valence-corrected chi connectivity index (χ4v) is 3.51. The Kier molecular flexibility index (Phi) is 12.7. The van der Waals surface area contributed by atoms with Crippen molar-refractivity contribution in [2.75, 3.05) is 38.7 Å². The van der Waals surface area contributed by atoms with E-state index in [0.29, 0.717) is 6.42 Å². The van der Waals surface area contributed by atoms with Gasteiger partial charge in [-0.3, -0.25) is 9.79 Å². The molecule has 7 heteroatoms. The van der Waals surface area contributed by atoms with Crippen LogP contribution in [0.15, 0.2) is 29.3 Å². The number of hydrogen-bond donors (Lipinski definition) is 2. The number of methoxy groups -OCH3 is 1. The SMILES string of the molecule is CN=C(NCCCCCCC(=O)OC)NC(C)c1cccc(N2CCCC2)c1.I. The Labute approximate surface area is 192 Å². The van der Waals surface area contributed by atoms with Gasteiger partial charge in [-0.1, -0.05) is 25.0 Å². The van der Waals surface area contributed by atoms with Crippen molar-refractivity contribution >= 4 is 41.6 Å². The Morgan fingerprint density at radius 3 is 2.62 bits per heavy atom. The summed E-state index contributed by atoms with van der Waals surface area (Å²) in [7, 11) is 3.24. The molecule has 0 spiro atoms. The molecule has 1 unspecified atom stereocenters. The normalized spacial score (nSPS) is 14.9. The summed E-state index contributed by atoms with van der Waals surface area (Å²) in [6.07, 6.45) is 7.18. The van der Waals surface area contributed by atoms with Gasteiger partial charge in [0.15, 0.2) is 5.96 Å². The first-order chi connectivity index (χ1) is 13.6. The lowest BCUT2D eigenvalue weighted by Crippen LogP contribution is -2.39. The van der Waals surface area contributed by atoms with Gasteiger partial charge in [0.05, 0.1) is 13.2 Å². The molecule has 0 bridgehead atoms. The van der Waals surface area contributed by atoms with Crippen LogP contribution in [-0.4, -0.2) is 45.7 Å². The van der Waals surface area contributed by atoms with E-state index >= 15 is 0 Å². The third-order valence-electron chi connectivity index (χ3n) is 5.25. The molecule has 1 aliphatic rings. The summed E-state index contributed by atoms with van der Waals surface area (Å²) < 4.78 is 4.66. The van der Waals surface area contributed by atoms with E-state index in [4.69, 9.17) is 0 Å². The molecule has 1 atom stereocenters. The number of guanidine groups is 1. The van der Waals surface area contributed by atoms with Gasteiger partial charge in [0.2, 0.25) is 0 Å². The highest BCUT2D eigenvalue weighted by molar-refractivity contribution is 14.0. The smallest absolute Gasteiger partial charge is 0.305 e. The number of carbonyl (C=O) groups excluding carboxylic acids is 1. The van der Waals surface area contributed by atoms with E-state index in [-0.39, 0.29) is 36.0 Å². The highest BCUT2D eigenvalue weighted by Gasteiger charge is 2.14. The molecule has 164 valence electrons. The Morgan fingerprint density at radius 2 is 1.93 bits per heavy atom. The molecule has 1 aromatic rings. The van der Waals surface area contributed by atoms with Gasteiger partial charge in [0.25, 0.3) is 0 Å². The first-order valence-corrected chi connectivity index (χ1v) is 10.5. The van der Waals surface area contributed by atoms with Crippen molar-refractivity contribution in [2.24, 2.45) is 4.99 Å². The molecule has 0 saturated carbocycles. The predicted octanol–water partition coefficient (Wildman–Crippen LogP) is 4.25. The summed E-state index contributed by atoms with van der Waals surface area (Å²) in [6, 6.07) is 9.00. The number of rotatable bonds is 10. The topological polar surface area (TPSA) is 66.0 Å². The summed E-state index contributed by atoms with van der Waals surface area (Å²) in [5.41, 5.74) is 2.59. The van der Waals surface area contributed by atoms with Crippen LogP contribution in [0.3, 0.4) is 0 Å². The molecule has 0 aliphatic carbocycles. The van der Waals surface area contributed by atoms with Gasteiger partial charge in [-0.2, -0.15) is 0 Å². The van der Waals surface area contributed by atoms with Crippen LogP contribution in [0.4, 0.5) is 5.69 Å². The van der Waals surface area contributed by atoms with Crippen molar-refractivity contribution < 1.29 is 9.53 Å². The van der Waals surface area contributed by atoms with Crippen LogP contribution in [0.2, 0.25) is 0 Å². The third-order valence-corrected chi connectivity index (χ3v) is 5.25. The zero-order valence-electron chi connectivity index (χ0n) is 18.1. The van der Waals surface area contributed by atoms with Gasteiger partial charge in [-0.25, -0.2) is 0 Å². The zero-order chi connectivity index (χ0) is 20.2. The highest BCUT2D eigenvalue weighted by Crippen LogP contribution is 2.23. The molecule has 1 aromatic carbocycles. The molecule has 1 aliphatic heterocycles. The number of benzene rings is 1. The maximum absolute atomic E-state index is 11.1. The van der Waals surface area contributed by atoms with Gasteiger partial charge in [0.1, 0.15) is 0 Å². The summed E-state index contributed by atoms with van der Waals surface area (Å²) in [4.78, 5) is 17.9. The number of esters is 1. The van der Waals surface area contributed by atoms with Crippen LogP contribution in [0.1, 0.15) is 63.5 Å². The Balaban J connectivity index is 0.00000420. The lowest BCUT2D eigenvalue weighted by Gasteiger charge is -2.22. The number of carbonyl (C=O) groups is 1. The average molecular weight is 516 g/mol. The number of hydrogen-bond acceptors (Lipinski definition) is 4. The lowest BCUT2D eigenvalue weighted by atomic mass is 10.1. The number of anilines is 1. The van der Waals surface area contributed by atoms with Crippen molar-refractivity contribution in [1.82, 2.24) is 10.6 Å². The van der Waals surface area contributed by atoms with Crippen LogP contribution >= 0.6 is 24.0 Å². The molecule has 0 amide bonds. The molecule has 6 nitrogen and oxygen atoms in total. The molecule has 0 aromatic heterocycles.